The number of benzene rings is 1. The minimum absolute atomic E-state index is 0.0775. The van der Waals surface area contributed by atoms with Crippen molar-refractivity contribution in [3.63, 3.8) is 0 Å². The van der Waals surface area contributed by atoms with Crippen LogP contribution in [0.4, 0.5) is 0 Å². The van der Waals surface area contributed by atoms with Gasteiger partial charge in [-0.05, 0) is 71.7 Å². The van der Waals surface area contributed by atoms with Gasteiger partial charge >= 0.3 is 0 Å². The highest BCUT2D eigenvalue weighted by Crippen LogP contribution is 2.30. The van der Waals surface area contributed by atoms with Crippen LogP contribution < -0.4 is 20.1 Å². The van der Waals surface area contributed by atoms with Gasteiger partial charge in [0.15, 0.2) is 17.5 Å². The Balaban J connectivity index is 1.99. The number of ether oxygens (including phenoxy) is 2. The second-order valence-corrected chi connectivity index (χ2v) is 7.20. The third-order valence-corrected chi connectivity index (χ3v) is 4.67. The van der Waals surface area contributed by atoms with Crippen molar-refractivity contribution in [2.24, 2.45) is 4.99 Å². The van der Waals surface area contributed by atoms with Crippen molar-refractivity contribution < 1.29 is 9.47 Å². The average Bonchev–Trinajstić information content (AvgIpc) is 3.04. The van der Waals surface area contributed by atoms with E-state index in [1.54, 1.807) is 0 Å². The quantitative estimate of drug-likeness (QED) is 0.330. The molecule has 0 saturated carbocycles. The molecule has 2 aromatic rings. The normalized spacial score (nSPS) is 12.5. The van der Waals surface area contributed by atoms with E-state index >= 15 is 0 Å². The predicted octanol–water partition coefficient (Wildman–Crippen LogP) is 4.00. The SMILES string of the molecule is CCNC(=NCCCn1nc(C)cc1C)NC(C)c1ccc(OCC)c(OCC)c1. The summed E-state index contributed by atoms with van der Waals surface area (Å²) >= 11 is 0. The maximum absolute atomic E-state index is 5.76. The summed E-state index contributed by atoms with van der Waals surface area (Å²) in [6.45, 7) is 15.9. The van der Waals surface area contributed by atoms with Crippen LogP contribution in [0.1, 0.15) is 57.1 Å². The van der Waals surface area contributed by atoms with E-state index in [2.05, 4.69) is 48.6 Å². The number of aliphatic imine (C=N–C) groups is 1. The Morgan fingerprint density at radius 3 is 2.47 bits per heavy atom. The van der Waals surface area contributed by atoms with Gasteiger partial charge in [-0.2, -0.15) is 5.10 Å². The van der Waals surface area contributed by atoms with Crippen LogP contribution in [0.15, 0.2) is 29.3 Å². The lowest BCUT2D eigenvalue weighted by atomic mass is 10.1. The van der Waals surface area contributed by atoms with Crippen LogP contribution in [0.5, 0.6) is 11.5 Å². The molecule has 1 aromatic heterocycles. The van der Waals surface area contributed by atoms with E-state index in [-0.39, 0.29) is 6.04 Å². The molecule has 0 fully saturated rings. The molecule has 7 heteroatoms. The summed E-state index contributed by atoms with van der Waals surface area (Å²) in [5.74, 6) is 2.36. The Labute approximate surface area is 180 Å². The fourth-order valence-corrected chi connectivity index (χ4v) is 3.26. The number of nitrogens with zero attached hydrogens (tertiary/aromatic N) is 3. The topological polar surface area (TPSA) is 72.7 Å². The molecule has 1 unspecified atom stereocenters. The molecular formula is C23H37N5O2. The molecule has 0 bridgehead atoms. The number of hydrogen-bond donors (Lipinski definition) is 2. The van der Waals surface area contributed by atoms with Gasteiger partial charge in [0, 0.05) is 25.3 Å². The van der Waals surface area contributed by atoms with Crippen LogP contribution in [0.25, 0.3) is 0 Å². The minimum atomic E-state index is 0.0775. The number of rotatable bonds is 11. The molecule has 7 nitrogen and oxygen atoms in total. The molecule has 0 aliphatic carbocycles. The molecule has 0 amide bonds. The lowest BCUT2D eigenvalue weighted by Crippen LogP contribution is -2.38. The smallest absolute Gasteiger partial charge is 0.191 e. The van der Waals surface area contributed by atoms with Crippen molar-refractivity contribution in [3.8, 4) is 11.5 Å². The number of aromatic nitrogens is 2. The molecular weight excluding hydrogens is 378 g/mol. The summed E-state index contributed by atoms with van der Waals surface area (Å²) in [7, 11) is 0. The number of nitrogens with one attached hydrogen (secondary N) is 2. The Morgan fingerprint density at radius 2 is 1.83 bits per heavy atom. The zero-order chi connectivity index (χ0) is 21.9. The Kier molecular flexibility index (Phi) is 9.51. The van der Waals surface area contributed by atoms with E-state index in [1.165, 1.54) is 5.69 Å². The molecule has 1 heterocycles. The van der Waals surface area contributed by atoms with Gasteiger partial charge in [-0.25, -0.2) is 0 Å². The highest BCUT2D eigenvalue weighted by atomic mass is 16.5. The lowest BCUT2D eigenvalue weighted by molar-refractivity contribution is 0.287. The molecule has 166 valence electrons. The molecule has 30 heavy (non-hydrogen) atoms. The summed E-state index contributed by atoms with van der Waals surface area (Å²) in [4.78, 5) is 4.73. The van der Waals surface area contributed by atoms with Crippen LogP contribution in [0.2, 0.25) is 0 Å². The van der Waals surface area contributed by atoms with Crippen molar-refractivity contribution in [2.45, 2.75) is 60.5 Å². The molecule has 2 N–H and O–H groups in total. The van der Waals surface area contributed by atoms with Crippen molar-refractivity contribution in [1.82, 2.24) is 20.4 Å². The molecule has 1 atom stereocenters. The van der Waals surface area contributed by atoms with Crippen LogP contribution in [0.3, 0.4) is 0 Å². The molecule has 2 rings (SSSR count). The summed E-state index contributed by atoms with van der Waals surface area (Å²) in [6, 6.07) is 8.26. The fraction of sp³-hybridized carbons (Fsp3) is 0.565. The maximum atomic E-state index is 5.76. The van der Waals surface area contributed by atoms with Crippen LogP contribution in [0, 0.1) is 13.8 Å². The average molecular weight is 416 g/mol. The first-order chi connectivity index (χ1) is 14.5. The highest BCUT2D eigenvalue weighted by Gasteiger charge is 2.12. The van der Waals surface area contributed by atoms with Gasteiger partial charge in [-0.15, -0.1) is 0 Å². The fourth-order valence-electron chi connectivity index (χ4n) is 3.26. The largest absolute Gasteiger partial charge is 0.490 e. The zero-order valence-electron chi connectivity index (χ0n) is 19.3. The van der Waals surface area contributed by atoms with Gasteiger partial charge in [-0.3, -0.25) is 9.67 Å². The van der Waals surface area contributed by atoms with Crippen molar-refractivity contribution in [3.05, 3.63) is 41.2 Å². The molecule has 0 radical (unpaired) electrons. The number of guanidine groups is 1. The summed E-state index contributed by atoms with van der Waals surface area (Å²) < 4.78 is 13.5. The van der Waals surface area contributed by atoms with Gasteiger partial charge in [-0.1, -0.05) is 6.07 Å². The van der Waals surface area contributed by atoms with Gasteiger partial charge in [0.25, 0.3) is 0 Å². The van der Waals surface area contributed by atoms with E-state index in [9.17, 15) is 0 Å². The molecule has 0 aliphatic heterocycles. The van der Waals surface area contributed by atoms with Crippen molar-refractivity contribution in [1.29, 1.82) is 0 Å². The molecule has 0 spiro atoms. The van der Waals surface area contributed by atoms with E-state index in [4.69, 9.17) is 14.5 Å². The van der Waals surface area contributed by atoms with E-state index in [0.717, 1.165) is 54.8 Å². The molecule has 1 aromatic carbocycles. The Hall–Kier alpha value is -2.70. The van der Waals surface area contributed by atoms with Gasteiger partial charge < -0.3 is 20.1 Å². The monoisotopic (exact) mass is 415 g/mol. The van der Waals surface area contributed by atoms with Crippen molar-refractivity contribution >= 4 is 5.96 Å². The Morgan fingerprint density at radius 1 is 1.10 bits per heavy atom. The van der Waals surface area contributed by atoms with Gasteiger partial charge in [0.1, 0.15) is 0 Å². The second-order valence-electron chi connectivity index (χ2n) is 7.20. The van der Waals surface area contributed by atoms with Crippen molar-refractivity contribution in [2.75, 3.05) is 26.3 Å². The highest BCUT2D eigenvalue weighted by molar-refractivity contribution is 5.80. The maximum Gasteiger partial charge on any atom is 0.191 e. The summed E-state index contributed by atoms with van der Waals surface area (Å²) in [5, 5.41) is 11.3. The van der Waals surface area contributed by atoms with E-state index < -0.39 is 0 Å². The summed E-state index contributed by atoms with van der Waals surface area (Å²) in [5.41, 5.74) is 3.37. The third kappa shape index (κ3) is 6.97. The minimum Gasteiger partial charge on any atom is -0.490 e. The first-order valence-corrected chi connectivity index (χ1v) is 10.9. The van der Waals surface area contributed by atoms with Gasteiger partial charge in [0.2, 0.25) is 0 Å². The lowest BCUT2D eigenvalue weighted by Gasteiger charge is -2.20. The van der Waals surface area contributed by atoms with Crippen LogP contribution in [-0.2, 0) is 6.54 Å². The van der Waals surface area contributed by atoms with Crippen LogP contribution in [-0.4, -0.2) is 42.0 Å². The molecule has 0 aliphatic rings. The zero-order valence-corrected chi connectivity index (χ0v) is 19.3. The van der Waals surface area contributed by atoms with Crippen LogP contribution >= 0.6 is 0 Å². The number of hydrogen-bond acceptors (Lipinski definition) is 4. The Bertz CT molecular complexity index is 816. The first-order valence-electron chi connectivity index (χ1n) is 10.9. The number of aryl methyl sites for hydroxylation is 3. The third-order valence-electron chi connectivity index (χ3n) is 4.67. The second kappa shape index (κ2) is 12.1. The summed E-state index contributed by atoms with van der Waals surface area (Å²) in [6.07, 6.45) is 0.935. The van der Waals surface area contributed by atoms with E-state index in [0.29, 0.717) is 13.2 Å². The first kappa shape index (κ1) is 23.6. The van der Waals surface area contributed by atoms with E-state index in [1.807, 2.05) is 37.6 Å². The van der Waals surface area contributed by atoms with Gasteiger partial charge in [0.05, 0.1) is 24.9 Å². The standard InChI is InChI=1S/C23H37N5O2/c1-7-24-23(25-13-10-14-28-18(5)15-17(4)27-28)26-19(6)20-11-12-21(29-8-2)22(16-20)30-9-3/h11-12,15-16,19H,7-10,13-14H2,1-6H3,(H2,24,25,26). The molecule has 0 saturated heterocycles. The predicted molar refractivity (Wildman–Crippen MR) is 123 cm³/mol.